The van der Waals surface area contributed by atoms with E-state index in [2.05, 4.69) is 5.32 Å². The minimum Gasteiger partial charge on any atom is -0.352 e. The molecule has 4 rings (SSSR count). The van der Waals surface area contributed by atoms with Gasteiger partial charge < -0.3 is 10.2 Å². The normalized spacial score (nSPS) is 13.4. The molecule has 8 heteroatoms. The van der Waals surface area contributed by atoms with Crippen molar-refractivity contribution in [3.63, 3.8) is 0 Å². The molecule has 3 aromatic rings. The van der Waals surface area contributed by atoms with Crippen molar-refractivity contribution in [2.75, 3.05) is 6.54 Å². The average molecular weight is 546 g/mol. The van der Waals surface area contributed by atoms with Gasteiger partial charge in [0.25, 0.3) is 11.8 Å². The van der Waals surface area contributed by atoms with Crippen molar-refractivity contribution < 1.29 is 19.2 Å². The Morgan fingerprint density at radius 3 is 2.10 bits per heavy atom. The number of nitrogens with zero attached hydrogens (tertiary/aromatic N) is 2. The van der Waals surface area contributed by atoms with Gasteiger partial charge in [-0.3, -0.25) is 24.1 Å². The number of hydrogen-bond donors (Lipinski definition) is 1. The molecule has 39 heavy (non-hydrogen) atoms. The second kappa shape index (κ2) is 12.7. The molecular weight excluding hydrogens is 514 g/mol. The van der Waals surface area contributed by atoms with Crippen molar-refractivity contribution in [2.24, 2.45) is 0 Å². The van der Waals surface area contributed by atoms with Gasteiger partial charge in [-0.05, 0) is 55.7 Å². The third-order valence-electron chi connectivity index (χ3n) is 6.59. The maximum atomic E-state index is 13.7. The number of hydrogen-bond acceptors (Lipinski definition) is 4. The summed E-state index contributed by atoms with van der Waals surface area (Å²) >= 11 is 6.22. The molecule has 7 nitrogen and oxygen atoms in total. The van der Waals surface area contributed by atoms with Gasteiger partial charge in [-0.1, -0.05) is 66.2 Å². The fourth-order valence-electron chi connectivity index (χ4n) is 4.74. The topological polar surface area (TPSA) is 86.8 Å². The average Bonchev–Trinajstić information content (AvgIpc) is 3.15. The smallest absolute Gasteiger partial charge is 0.261 e. The number of rotatable bonds is 11. The SMILES string of the molecule is CC(C)NC(=O)C(Cc1ccccc1)N(Cc1cccc(Cl)c1)C(=O)CCCN1C(=O)c2ccccc2C1=O. The lowest BCUT2D eigenvalue weighted by molar-refractivity contribution is -0.141. The van der Waals surface area contributed by atoms with E-state index in [1.165, 1.54) is 4.90 Å². The Morgan fingerprint density at radius 2 is 1.49 bits per heavy atom. The zero-order chi connectivity index (χ0) is 27.9. The van der Waals surface area contributed by atoms with Gasteiger partial charge in [-0.25, -0.2) is 0 Å². The summed E-state index contributed by atoms with van der Waals surface area (Å²) in [4.78, 5) is 55.4. The van der Waals surface area contributed by atoms with Crippen LogP contribution in [0.3, 0.4) is 0 Å². The number of amides is 4. The Kier molecular flexibility index (Phi) is 9.15. The Morgan fingerprint density at radius 1 is 0.872 bits per heavy atom. The molecule has 1 atom stereocenters. The summed E-state index contributed by atoms with van der Waals surface area (Å²) in [5.41, 5.74) is 2.48. The van der Waals surface area contributed by atoms with Crippen molar-refractivity contribution in [1.82, 2.24) is 15.1 Å². The third-order valence-corrected chi connectivity index (χ3v) is 6.83. The van der Waals surface area contributed by atoms with E-state index in [-0.39, 0.29) is 55.6 Å². The van der Waals surface area contributed by atoms with E-state index in [1.807, 2.05) is 56.3 Å². The molecule has 0 radical (unpaired) electrons. The van der Waals surface area contributed by atoms with Gasteiger partial charge in [0.2, 0.25) is 11.8 Å². The molecule has 1 aliphatic heterocycles. The minimum absolute atomic E-state index is 0.0637. The number of carbonyl (C=O) groups excluding carboxylic acids is 4. The molecule has 0 aliphatic carbocycles. The van der Waals surface area contributed by atoms with Crippen molar-refractivity contribution in [3.8, 4) is 0 Å². The third kappa shape index (κ3) is 6.92. The van der Waals surface area contributed by atoms with Crippen molar-refractivity contribution in [1.29, 1.82) is 0 Å². The first kappa shape index (κ1) is 28.0. The largest absolute Gasteiger partial charge is 0.352 e. The van der Waals surface area contributed by atoms with Crippen LogP contribution in [0, 0.1) is 0 Å². The highest BCUT2D eigenvalue weighted by Crippen LogP contribution is 2.23. The lowest BCUT2D eigenvalue weighted by atomic mass is 10.0. The van der Waals surface area contributed by atoms with Crippen LogP contribution in [0.5, 0.6) is 0 Å². The van der Waals surface area contributed by atoms with Crippen LogP contribution in [-0.2, 0) is 22.6 Å². The molecule has 0 fully saturated rings. The van der Waals surface area contributed by atoms with Crippen molar-refractivity contribution >= 4 is 35.2 Å². The predicted molar refractivity (Wildman–Crippen MR) is 150 cm³/mol. The molecule has 0 bridgehead atoms. The zero-order valence-electron chi connectivity index (χ0n) is 22.1. The quantitative estimate of drug-likeness (QED) is 0.348. The number of fused-ring (bicyclic) bond motifs is 1. The van der Waals surface area contributed by atoms with Gasteiger partial charge in [0, 0.05) is 37.0 Å². The standard InChI is InChI=1S/C31H32ClN3O4/c1-21(2)33-29(37)27(19-22-10-4-3-5-11-22)35(20-23-12-8-13-24(32)18-23)28(36)16-9-17-34-30(38)25-14-6-7-15-26(25)31(34)39/h3-8,10-15,18,21,27H,9,16-17,19-20H2,1-2H3,(H,33,37). The van der Waals surface area contributed by atoms with Gasteiger partial charge in [0.1, 0.15) is 6.04 Å². The molecule has 3 aromatic carbocycles. The summed E-state index contributed by atoms with van der Waals surface area (Å²) in [5, 5.41) is 3.50. The molecule has 0 aromatic heterocycles. The number of imide groups is 1. The molecular formula is C31H32ClN3O4. The number of halogens is 1. The molecule has 0 saturated carbocycles. The predicted octanol–water partition coefficient (Wildman–Crippen LogP) is 4.88. The van der Waals surface area contributed by atoms with E-state index in [0.717, 1.165) is 11.1 Å². The first-order chi connectivity index (χ1) is 18.7. The highest BCUT2D eigenvalue weighted by molar-refractivity contribution is 6.30. The van der Waals surface area contributed by atoms with Crippen molar-refractivity contribution in [2.45, 2.75) is 51.7 Å². The van der Waals surface area contributed by atoms with Crippen LogP contribution in [0.2, 0.25) is 5.02 Å². The molecule has 1 aliphatic rings. The van der Waals surface area contributed by atoms with Crippen LogP contribution in [0.1, 0.15) is 58.5 Å². The highest BCUT2D eigenvalue weighted by atomic mass is 35.5. The maximum absolute atomic E-state index is 13.7. The fraction of sp³-hybridized carbons (Fsp3) is 0.290. The Bertz CT molecular complexity index is 1320. The van der Waals surface area contributed by atoms with E-state index < -0.39 is 6.04 Å². The molecule has 1 N–H and O–H groups in total. The summed E-state index contributed by atoms with van der Waals surface area (Å²) in [7, 11) is 0. The number of benzene rings is 3. The number of carbonyl (C=O) groups is 4. The second-order valence-electron chi connectivity index (χ2n) is 9.93. The summed E-state index contributed by atoms with van der Waals surface area (Å²) < 4.78 is 0. The van der Waals surface area contributed by atoms with E-state index in [9.17, 15) is 19.2 Å². The summed E-state index contributed by atoms with van der Waals surface area (Å²) in [6, 6.07) is 22.6. The summed E-state index contributed by atoms with van der Waals surface area (Å²) in [5.74, 6) is -1.19. The van der Waals surface area contributed by atoms with Crippen LogP contribution < -0.4 is 5.32 Å². The van der Waals surface area contributed by atoms with E-state index >= 15 is 0 Å². The molecule has 1 heterocycles. The monoisotopic (exact) mass is 545 g/mol. The first-order valence-electron chi connectivity index (χ1n) is 13.1. The summed E-state index contributed by atoms with van der Waals surface area (Å²) in [6.07, 6.45) is 0.679. The highest BCUT2D eigenvalue weighted by Gasteiger charge is 2.35. The molecule has 202 valence electrons. The van der Waals surface area contributed by atoms with Gasteiger partial charge in [0.05, 0.1) is 11.1 Å². The minimum atomic E-state index is -0.763. The van der Waals surface area contributed by atoms with E-state index in [0.29, 0.717) is 22.6 Å². The fourth-order valence-corrected chi connectivity index (χ4v) is 4.95. The zero-order valence-corrected chi connectivity index (χ0v) is 22.9. The van der Waals surface area contributed by atoms with Gasteiger partial charge in [-0.15, -0.1) is 0 Å². The van der Waals surface area contributed by atoms with Gasteiger partial charge >= 0.3 is 0 Å². The summed E-state index contributed by atoms with van der Waals surface area (Å²) in [6.45, 7) is 4.06. The molecule has 0 saturated heterocycles. The first-order valence-corrected chi connectivity index (χ1v) is 13.5. The molecule has 4 amide bonds. The van der Waals surface area contributed by atoms with Crippen LogP contribution in [-0.4, -0.2) is 52.1 Å². The van der Waals surface area contributed by atoms with E-state index in [1.54, 1.807) is 41.3 Å². The lowest BCUT2D eigenvalue weighted by Crippen LogP contribution is -2.51. The van der Waals surface area contributed by atoms with Gasteiger partial charge in [-0.2, -0.15) is 0 Å². The van der Waals surface area contributed by atoms with Crippen molar-refractivity contribution in [3.05, 3.63) is 106 Å². The Labute approximate surface area is 233 Å². The number of nitrogens with one attached hydrogen (secondary N) is 1. The lowest BCUT2D eigenvalue weighted by Gasteiger charge is -2.32. The van der Waals surface area contributed by atoms with Gasteiger partial charge in [0.15, 0.2) is 0 Å². The second-order valence-corrected chi connectivity index (χ2v) is 10.4. The molecule has 1 unspecified atom stereocenters. The maximum Gasteiger partial charge on any atom is 0.261 e. The Hall–Kier alpha value is -3.97. The van der Waals surface area contributed by atoms with E-state index in [4.69, 9.17) is 11.6 Å². The molecule has 0 spiro atoms. The van der Waals surface area contributed by atoms with Crippen LogP contribution >= 0.6 is 11.6 Å². The van der Waals surface area contributed by atoms with Crippen LogP contribution in [0.25, 0.3) is 0 Å². The Balaban J connectivity index is 1.54. The van der Waals surface area contributed by atoms with Crippen LogP contribution in [0.15, 0.2) is 78.9 Å². The van der Waals surface area contributed by atoms with Crippen LogP contribution in [0.4, 0.5) is 0 Å².